The molecule has 2 aromatic carbocycles. The minimum atomic E-state index is -2.31. The van der Waals surface area contributed by atoms with Gasteiger partial charge in [0.2, 0.25) is 5.78 Å². The molecular formula is C33H38N2O13. The number of fused-ring (bicyclic) bond motifs is 3. The molecule has 2 aliphatic heterocycles. The Balaban J connectivity index is 1.35. The van der Waals surface area contributed by atoms with Gasteiger partial charge in [-0.05, 0) is 19.4 Å². The van der Waals surface area contributed by atoms with E-state index >= 15 is 0 Å². The predicted molar refractivity (Wildman–Crippen MR) is 163 cm³/mol. The predicted octanol–water partition coefficient (Wildman–Crippen LogP) is -1.08. The van der Waals surface area contributed by atoms with E-state index in [9.17, 15) is 49.8 Å². The van der Waals surface area contributed by atoms with Crippen molar-refractivity contribution in [1.29, 1.82) is 0 Å². The normalized spacial score (nSPS) is 31.2. The number of aromatic hydroxyl groups is 2. The number of β-amino-alcohol motifs (C(OH)–C–C–N with tert-alkyl or cyclic N) is 1. The number of ether oxygens (including phenoxy) is 3. The maximum Gasteiger partial charge on any atom is 0.202 e. The van der Waals surface area contributed by atoms with E-state index in [0.29, 0.717) is 6.54 Å². The van der Waals surface area contributed by atoms with Crippen LogP contribution in [0.15, 0.2) is 18.2 Å². The fourth-order valence-corrected chi connectivity index (χ4v) is 7.24. The van der Waals surface area contributed by atoms with Crippen molar-refractivity contribution in [2.24, 2.45) is 0 Å². The summed E-state index contributed by atoms with van der Waals surface area (Å²) in [4.78, 5) is 53.1. The SMILES string of the molecule is COc1cccc2c1C(=O)c1c(O)c3c(c(O)c1C2=O)C[C@@](O)(C(=O)CO)CC3OC1CC(NCC(=O)[C@@H]2CC(O)CN2)C(O)C(C)O1. The number of nitrogens with one attached hydrogen (secondary N) is 2. The molecule has 6 rings (SSSR count). The van der Waals surface area contributed by atoms with Crippen LogP contribution in [0, 0.1) is 0 Å². The zero-order valence-electron chi connectivity index (χ0n) is 26.3. The molecule has 48 heavy (non-hydrogen) atoms. The summed E-state index contributed by atoms with van der Waals surface area (Å²) >= 11 is 0. The number of hydrogen-bond acceptors (Lipinski definition) is 15. The highest BCUT2D eigenvalue weighted by Crippen LogP contribution is 2.52. The minimum absolute atomic E-state index is 0.0443. The summed E-state index contributed by atoms with van der Waals surface area (Å²) in [7, 11) is 1.31. The molecule has 6 unspecified atom stereocenters. The molecule has 2 saturated heterocycles. The van der Waals surface area contributed by atoms with Crippen LogP contribution in [-0.4, -0.2) is 123 Å². The maximum atomic E-state index is 13.8. The zero-order chi connectivity index (χ0) is 34.7. The number of phenols is 2. The van der Waals surface area contributed by atoms with E-state index in [1.54, 1.807) is 6.92 Å². The van der Waals surface area contributed by atoms with Gasteiger partial charge in [0.1, 0.15) is 29.5 Å². The van der Waals surface area contributed by atoms with E-state index in [1.807, 2.05) is 0 Å². The molecule has 8 N–H and O–H groups in total. The van der Waals surface area contributed by atoms with Crippen LogP contribution in [0.4, 0.5) is 0 Å². The number of Topliss-reactive ketones (excluding diaryl/α,β-unsaturated/α-hetero) is 2. The van der Waals surface area contributed by atoms with Gasteiger partial charge in [0.05, 0.1) is 60.8 Å². The van der Waals surface area contributed by atoms with Crippen molar-refractivity contribution in [2.75, 3.05) is 26.8 Å². The fourth-order valence-electron chi connectivity index (χ4n) is 7.24. The van der Waals surface area contributed by atoms with E-state index in [-0.39, 0.29) is 53.2 Å². The fraction of sp³-hybridized carbons (Fsp3) is 0.515. The lowest BCUT2D eigenvalue weighted by atomic mass is 9.72. The summed E-state index contributed by atoms with van der Waals surface area (Å²) in [5, 5.41) is 70.9. The lowest BCUT2D eigenvalue weighted by Crippen LogP contribution is -2.56. The monoisotopic (exact) mass is 670 g/mol. The second kappa shape index (κ2) is 12.9. The van der Waals surface area contributed by atoms with Crippen molar-refractivity contribution in [3.05, 3.63) is 51.6 Å². The molecule has 0 aromatic heterocycles. The molecule has 2 heterocycles. The van der Waals surface area contributed by atoms with Crippen molar-refractivity contribution < 1.29 is 64.0 Å². The van der Waals surface area contributed by atoms with Gasteiger partial charge < -0.3 is 55.5 Å². The van der Waals surface area contributed by atoms with Crippen LogP contribution in [0.1, 0.15) is 75.3 Å². The van der Waals surface area contributed by atoms with Gasteiger partial charge in [-0.15, -0.1) is 0 Å². The average molecular weight is 671 g/mol. The molecule has 0 bridgehead atoms. The first-order chi connectivity index (χ1) is 22.8. The number of carbonyl (C=O) groups excluding carboxylic acids is 4. The molecular weight excluding hydrogens is 632 g/mol. The molecule has 15 nitrogen and oxygen atoms in total. The van der Waals surface area contributed by atoms with E-state index < -0.39 is 108 Å². The number of benzene rings is 2. The summed E-state index contributed by atoms with van der Waals surface area (Å²) in [5.74, 6) is -4.19. The van der Waals surface area contributed by atoms with Gasteiger partial charge in [0.25, 0.3) is 0 Å². The molecule has 4 aliphatic rings. The minimum Gasteiger partial charge on any atom is -0.507 e. The molecule has 2 fully saturated rings. The van der Waals surface area contributed by atoms with Crippen LogP contribution in [0.3, 0.4) is 0 Å². The van der Waals surface area contributed by atoms with Crippen LogP contribution >= 0.6 is 0 Å². The summed E-state index contributed by atoms with van der Waals surface area (Å²) in [5.41, 5.74) is -3.90. The van der Waals surface area contributed by atoms with Crippen LogP contribution in [0.2, 0.25) is 0 Å². The highest BCUT2D eigenvalue weighted by atomic mass is 16.7. The van der Waals surface area contributed by atoms with Crippen LogP contribution in [0.5, 0.6) is 17.2 Å². The molecule has 2 aromatic rings. The van der Waals surface area contributed by atoms with E-state index in [4.69, 9.17) is 14.2 Å². The summed E-state index contributed by atoms with van der Waals surface area (Å²) in [6.07, 6.45) is -6.06. The first-order valence-electron chi connectivity index (χ1n) is 15.7. The summed E-state index contributed by atoms with van der Waals surface area (Å²) in [6, 6.07) is 3.05. The Labute approximate surface area is 274 Å². The Hall–Kier alpha value is -3.80. The topological polar surface area (TPSA) is 241 Å². The quantitative estimate of drug-likeness (QED) is 0.126. The first-order valence-corrected chi connectivity index (χ1v) is 15.7. The molecule has 0 spiro atoms. The third-order valence-electron chi connectivity index (χ3n) is 9.80. The van der Waals surface area contributed by atoms with Crippen LogP contribution in [-0.2, 0) is 25.5 Å². The van der Waals surface area contributed by atoms with Crippen molar-refractivity contribution >= 4 is 23.1 Å². The average Bonchev–Trinajstić information content (AvgIpc) is 3.51. The van der Waals surface area contributed by atoms with Crippen molar-refractivity contribution in [3.63, 3.8) is 0 Å². The Bertz CT molecular complexity index is 1680. The second-order valence-electron chi connectivity index (χ2n) is 12.8. The van der Waals surface area contributed by atoms with Gasteiger partial charge in [-0.3, -0.25) is 19.2 Å². The third kappa shape index (κ3) is 5.69. The Morgan fingerprint density at radius 1 is 1.08 bits per heavy atom. The van der Waals surface area contributed by atoms with Crippen LogP contribution < -0.4 is 15.4 Å². The lowest BCUT2D eigenvalue weighted by molar-refractivity contribution is -0.249. The number of ketones is 4. The summed E-state index contributed by atoms with van der Waals surface area (Å²) in [6.45, 7) is 0.671. The highest BCUT2D eigenvalue weighted by molar-refractivity contribution is 6.31. The Morgan fingerprint density at radius 2 is 1.81 bits per heavy atom. The van der Waals surface area contributed by atoms with Crippen LogP contribution in [0.25, 0.3) is 0 Å². The Kier molecular flexibility index (Phi) is 9.16. The molecule has 15 heteroatoms. The second-order valence-corrected chi connectivity index (χ2v) is 12.8. The van der Waals surface area contributed by atoms with Gasteiger partial charge in [-0.25, -0.2) is 0 Å². The number of aliphatic hydroxyl groups is 4. The van der Waals surface area contributed by atoms with Crippen molar-refractivity contribution in [1.82, 2.24) is 10.6 Å². The van der Waals surface area contributed by atoms with Gasteiger partial charge in [0.15, 0.2) is 23.6 Å². The van der Waals surface area contributed by atoms with Crippen molar-refractivity contribution in [3.8, 4) is 17.2 Å². The molecule has 8 atom stereocenters. The molecule has 0 radical (unpaired) electrons. The molecule has 2 aliphatic carbocycles. The van der Waals surface area contributed by atoms with Gasteiger partial charge in [-0.1, -0.05) is 12.1 Å². The number of carbonyl (C=O) groups is 4. The highest BCUT2D eigenvalue weighted by Gasteiger charge is 2.50. The van der Waals surface area contributed by atoms with E-state index in [1.165, 1.54) is 25.3 Å². The first kappa shape index (κ1) is 34.1. The molecule has 0 saturated carbocycles. The number of aliphatic hydroxyl groups excluding tert-OH is 3. The van der Waals surface area contributed by atoms with Gasteiger partial charge in [-0.2, -0.15) is 0 Å². The molecule has 258 valence electrons. The smallest absolute Gasteiger partial charge is 0.202 e. The maximum absolute atomic E-state index is 13.8. The van der Waals surface area contributed by atoms with E-state index in [2.05, 4.69) is 10.6 Å². The number of phenolic OH excluding ortho intramolecular Hbond substituents is 2. The summed E-state index contributed by atoms with van der Waals surface area (Å²) < 4.78 is 17.4. The van der Waals surface area contributed by atoms with Crippen molar-refractivity contribution in [2.45, 2.75) is 81.0 Å². The lowest BCUT2D eigenvalue weighted by Gasteiger charge is -2.43. The van der Waals surface area contributed by atoms with E-state index in [0.717, 1.165) is 0 Å². The van der Waals surface area contributed by atoms with Gasteiger partial charge >= 0.3 is 0 Å². The standard InChI is InChI=1S/C33H38N2O13/c1-13-28(40)18(35-11-19(38)17-6-14(37)10-34-17)7-23(47-13)48-21-9-33(45,22(39)12-36)8-16-25(21)32(44)27-26(30(16)42)29(41)15-4-3-5-20(46-2)24(15)31(27)43/h3-5,13-14,17-18,21,23,28,34-37,40,42,44-45H,6-12H2,1-2H3/t13?,14?,17-,18?,21?,23?,28?,33-/m0/s1. The number of methoxy groups -OCH3 is 1. The number of hydrogen-bond donors (Lipinski definition) is 8. The van der Waals surface area contributed by atoms with Gasteiger partial charge in [0, 0.05) is 48.5 Å². The Morgan fingerprint density at radius 3 is 2.48 bits per heavy atom. The zero-order valence-corrected chi connectivity index (χ0v) is 26.3. The third-order valence-corrected chi connectivity index (χ3v) is 9.80. The largest absolute Gasteiger partial charge is 0.507 e. The number of rotatable bonds is 9. The molecule has 0 amide bonds.